The molecule has 2 unspecified atom stereocenters. The normalized spacial score (nSPS) is 14.7. The molecule has 18 heavy (non-hydrogen) atoms. The van der Waals surface area contributed by atoms with E-state index in [4.69, 9.17) is 16.7 Å². The van der Waals surface area contributed by atoms with Gasteiger partial charge in [0.1, 0.15) is 6.10 Å². The van der Waals surface area contributed by atoms with Gasteiger partial charge in [0, 0.05) is 23.2 Å². The molecule has 2 aromatic rings. The summed E-state index contributed by atoms with van der Waals surface area (Å²) < 4.78 is 0. The van der Waals surface area contributed by atoms with Crippen LogP contribution in [0.3, 0.4) is 0 Å². The molecule has 0 aliphatic heterocycles. The van der Waals surface area contributed by atoms with Crippen LogP contribution in [0.1, 0.15) is 18.1 Å². The van der Waals surface area contributed by atoms with Gasteiger partial charge in [-0.25, -0.2) is 0 Å². The molecule has 2 rings (SSSR count). The van der Waals surface area contributed by atoms with Crippen LogP contribution in [0.5, 0.6) is 0 Å². The zero-order chi connectivity index (χ0) is 13.1. The van der Waals surface area contributed by atoms with Gasteiger partial charge in [-0.3, -0.25) is 4.98 Å². The van der Waals surface area contributed by atoms with Crippen molar-refractivity contribution in [3.63, 3.8) is 0 Å². The topological polar surface area (TPSA) is 73.6 Å². The van der Waals surface area contributed by atoms with Gasteiger partial charge in [-0.1, -0.05) is 17.7 Å². The van der Waals surface area contributed by atoms with E-state index >= 15 is 0 Å². The van der Waals surface area contributed by atoms with Gasteiger partial charge in [-0.05, 0) is 30.2 Å². The zero-order valence-corrected chi connectivity index (χ0v) is 10.4. The number of aromatic nitrogens is 1. The molecule has 0 fully saturated rings. The highest BCUT2D eigenvalue weighted by Gasteiger charge is 2.20. The molecule has 1 aromatic carbocycles. The smallest absolute Gasteiger partial charge is 0.106 e. The van der Waals surface area contributed by atoms with Crippen LogP contribution in [-0.2, 0) is 0 Å². The van der Waals surface area contributed by atoms with Crippen molar-refractivity contribution in [2.75, 3.05) is 6.61 Å². The Labute approximate surface area is 109 Å². The number of benzene rings is 1. The number of fused-ring (bicyclic) bond motifs is 1. The number of hydrogen-bond acceptors (Lipinski definition) is 4. The molecule has 0 aliphatic carbocycles. The summed E-state index contributed by atoms with van der Waals surface area (Å²) in [5.41, 5.74) is 1.24. The number of rotatable bonds is 4. The molecule has 0 saturated heterocycles. The maximum absolute atomic E-state index is 10.1. The van der Waals surface area contributed by atoms with E-state index in [2.05, 4.69) is 4.98 Å². The standard InChI is InChI=1S/C13H14ClNO3/c14-8-1-2-9-10(3-5-15-11(9)7-8)13(18)12(17)4-6-16/h1-3,5,7,12-13,16-18H,4,6H2. The van der Waals surface area contributed by atoms with Gasteiger partial charge in [0.25, 0.3) is 0 Å². The average molecular weight is 268 g/mol. The largest absolute Gasteiger partial charge is 0.396 e. The van der Waals surface area contributed by atoms with Gasteiger partial charge in [0.2, 0.25) is 0 Å². The number of aliphatic hydroxyl groups is 3. The van der Waals surface area contributed by atoms with Gasteiger partial charge < -0.3 is 15.3 Å². The lowest BCUT2D eigenvalue weighted by Gasteiger charge is -2.18. The minimum Gasteiger partial charge on any atom is -0.396 e. The van der Waals surface area contributed by atoms with Gasteiger partial charge in [0.05, 0.1) is 11.6 Å². The summed E-state index contributed by atoms with van der Waals surface area (Å²) in [5.74, 6) is 0. The van der Waals surface area contributed by atoms with Crippen LogP contribution in [0.2, 0.25) is 5.02 Å². The van der Waals surface area contributed by atoms with Crippen LogP contribution in [0.25, 0.3) is 10.9 Å². The third-order valence-electron chi connectivity index (χ3n) is 2.85. The van der Waals surface area contributed by atoms with Crippen molar-refractivity contribution in [2.24, 2.45) is 0 Å². The molecule has 3 N–H and O–H groups in total. The second-order valence-electron chi connectivity index (χ2n) is 4.09. The summed E-state index contributed by atoms with van der Waals surface area (Å²) in [7, 11) is 0. The first kappa shape index (κ1) is 13.2. The Morgan fingerprint density at radius 3 is 2.72 bits per heavy atom. The summed E-state index contributed by atoms with van der Waals surface area (Å²) in [5, 5.41) is 29.9. The fourth-order valence-electron chi connectivity index (χ4n) is 1.90. The van der Waals surface area contributed by atoms with Gasteiger partial charge in [0.15, 0.2) is 0 Å². The lowest BCUT2D eigenvalue weighted by Crippen LogP contribution is -2.19. The molecule has 0 spiro atoms. The predicted molar refractivity (Wildman–Crippen MR) is 69.4 cm³/mol. The second-order valence-corrected chi connectivity index (χ2v) is 4.52. The van der Waals surface area contributed by atoms with Crippen molar-refractivity contribution in [3.05, 3.63) is 41.0 Å². The van der Waals surface area contributed by atoms with Crippen LogP contribution in [-0.4, -0.2) is 33.0 Å². The molecule has 5 heteroatoms. The van der Waals surface area contributed by atoms with E-state index in [9.17, 15) is 10.2 Å². The number of hydrogen-bond donors (Lipinski definition) is 3. The summed E-state index contributed by atoms with van der Waals surface area (Å²) in [4.78, 5) is 4.16. The van der Waals surface area contributed by atoms with E-state index in [0.717, 1.165) is 5.39 Å². The molecule has 2 atom stereocenters. The summed E-state index contributed by atoms with van der Waals surface area (Å²) in [6.45, 7) is -0.174. The van der Waals surface area contributed by atoms with Gasteiger partial charge in [-0.15, -0.1) is 0 Å². The predicted octanol–water partition coefficient (Wildman–Crippen LogP) is 1.66. The number of halogens is 1. The van der Waals surface area contributed by atoms with Gasteiger partial charge in [-0.2, -0.15) is 0 Å². The molecular weight excluding hydrogens is 254 g/mol. The maximum atomic E-state index is 10.1. The summed E-state index contributed by atoms with van der Waals surface area (Å²) >= 11 is 5.88. The molecule has 4 nitrogen and oxygen atoms in total. The van der Waals surface area contributed by atoms with Crippen LogP contribution in [0, 0.1) is 0 Å². The molecular formula is C13H14ClNO3. The van der Waals surface area contributed by atoms with Crippen molar-refractivity contribution in [1.29, 1.82) is 0 Å². The Kier molecular flexibility index (Phi) is 4.14. The van der Waals surface area contributed by atoms with Crippen LogP contribution in [0.15, 0.2) is 30.5 Å². The molecule has 0 saturated carbocycles. The van der Waals surface area contributed by atoms with E-state index in [-0.39, 0.29) is 13.0 Å². The highest BCUT2D eigenvalue weighted by Crippen LogP contribution is 2.27. The number of aliphatic hydroxyl groups excluding tert-OH is 3. The van der Waals surface area contributed by atoms with Crippen LogP contribution >= 0.6 is 11.6 Å². The fraction of sp³-hybridized carbons (Fsp3) is 0.308. The summed E-state index contributed by atoms with van der Waals surface area (Å²) in [6, 6.07) is 6.82. The molecule has 0 radical (unpaired) electrons. The highest BCUT2D eigenvalue weighted by atomic mass is 35.5. The van der Waals surface area contributed by atoms with Crippen molar-refractivity contribution < 1.29 is 15.3 Å². The first-order chi connectivity index (χ1) is 8.63. The van der Waals surface area contributed by atoms with Crippen molar-refractivity contribution >= 4 is 22.5 Å². The highest BCUT2D eigenvalue weighted by molar-refractivity contribution is 6.31. The first-order valence-electron chi connectivity index (χ1n) is 5.64. The Hall–Kier alpha value is -1.20. The van der Waals surface area contributed by atoms with Crippen molar-refractivity contribution in [2.45, 2.75) is 18.6 Å². The zero-order valence-electron chi connectivity index (χ0n) is 9.62. The average Bonchev–Trinajstić information content (AvgIpc) is 2.37. The number of pyridine rings is 1. The Morgan fingerprint density at radius 2 is 2.00 bits per heavy atom. The quantitative estimate of drug-likeness (QED) is 0.788. The molecule has 96 valence electrons. The van der Waals surface area contributed by atoms with Crippen LogP contribution in [0.4, 0.5) is 0 Å². The maximum Gasteiger partial charge on any atom is 0.106 e. The first-order valence-corrected chi connectivity index (χ1v) is 6.02. The van der Waals surface area contributed by atoms with E-state index in [1.54, 1.807) is 30.5 Å². The Balaban J connectivity index is 2.44. The minimum absolute atomic E-state index is 0.124. The van der Waals surface area contributed by atoms with Gasteiger partial charge >= 0.3 is 0 Å². The molecule has 0 amide bonds. The second kappa shape index (κ2) is 5.63. The monoisotopic (exact) mass is 267 g/mol. The third-order valence-corrected chi connectivity index (χ3v) is 3.08. The van der Waals surface area contributed by atoms with E-state index < -0.39 is 12.2 Å². The third kappa shape index (κ3) is 2.62. The van der Waals surface area contributed by atoms with Crippen molar-refractivity contribution in [3.8, 4) is 0 Å². The SMILES string of the molecule is OCCC(O)C(O)c1ccnc2cc(Cl)ccc12. The number of nitrogens with zero attached hydrogens (tertiary/aromatic N) is 1. The Bertz CT molecular complexity index is 547. The van der Waals surface area contributed by atoms with Crippen LogP contribution < -0.4 is 0 Å². The molecule has 1 aromatic heterocycles. The van der Waals surface area contributed by atoms with E-state index in [1.807, 2.05) is 0 Å². The molecule has 0 bridgehead atoms. The lowest BCUT2D eigenvalue weighted by atomic mass is 9.99. The summed E-state index contributed by atoms with van der Waals surface area (Å²) in [6.07, 6.45) is -0.373. The van der Waals surface area contributed by atoms with E-state index in [0.29, 0.717) is 16.1 Å². The Morgan fingerprint density at radius 1 is 1.22 bits per heavy atom. The fourth-order valence-corrected chi connectivity index (χ4v) is 2.07. The molecule has 0 aliphatic rings. The minimum atomic E-state index is -1.05. The lowest BCUT2D eigenvalue weighted by molar-refractivity contribution is 0.00498. The van der Waals surface area contributed by atoms with Crippen molar-refractivity contribution in [1.82, 2.24) is 4.98 Å². The van der Waals surface area contributed by atoms with E-state index in [1.165, 1.54) is 0 Å². The molecule has 1 heterocycles.